The lowest BCUT2D eigenvalue weighted by molar-refractivity contribution is 0.0657. The average Bonchev–Trinajstić information content (AvgIpc) is 3.15. The third kappa shape index (κ3) is 4.79. The van der Waals surface area contributed by atoms with E-state index >= 15 is 0 Å². The molecule has 2 amide bonds. The van der Waals surface area contributed by atoms with E-state index in [0.29, 0.717) is 25.7 Å². The molecule has 7 heteroatoms. The summed E-state index contributed by atoms with van der Waals surface area (Å²) in [5, 5.41) is 7.18. The number of carbonyl (C=O) groups is 1. The van der Waals surface area contributed by atoms with Gasteiger partial charge in [0, 0.05) is 18.8 Å². The van der Waals surface area contributed by atoms with E-state index in [1.807, 2.05) is 47.7 Å². The Bertz CT molecular complexity index is 679. The molecule has 1 aliphatic heterocycles. The molecule has 1 aliphatic rings. The number of nitrogens with zero attached hydrogens (tertiary/aromatic N) is 4. The highest BCUT2D eigenvalue weighted by molar-refractivity contribution is 5.89. The van der Waals surface area contributed by atoms with Gasteiger partial charge < -0.3 is 15.0 Å². The summed E-state index contributed by atoms with van der Waals surface area (Å²) in [7, 11) is 0. The van der Waals surface area contributed by atoms with Gasteiger partial charge >= 0.3 is 6.03 Å². The van der Waals surface area contributed by atoms with Crippen LogP contribution in [0, 0.1) is 0 Å². The van der Waals surface area contributed by atoms with Crippen LogP contribution in [0.25, 0.3) is 0 Å². The van der Waals surface area contributed by atoms with Gasteiger partial charge in [-0.25, -0.2) is 14.5 Å². The highest BCUT2D eigenvalue weighted by Gasteiger charge is 2.24. The predicted octanol–water partition coefficient (Wildman–Crippen LogP) is 3.07. The molecular formula is C18H25N5O2. The second-order valence-corrected chi connectivity index (χ2v) is 6.58. The van der Waals surface area contributed by atoms with Crippen LogP contribution >= 0.6 is 0 Å². The summed E-state index contributed by atoms with van der Waals surface area (Å²) in [5.41, 5.74) is 1.85. The van der Waals surface area contributed by atoms with E-state index in [-0.39, 0.29) is 12.1 Å². The van der Waals surface area contributed by atoms with Gasteiger partial charge in [0.2, 0.25) is 0 Å². The smallest absolute Gasteiger partial charge is 0.321 e. The highest BCUT2D eigenvalue weighted by Crippen LogP contribution is 2.22. The van der Waals surface area contributed by atoms with Gasteiger partial charge in [0.05, 0.1) is 18.8 Å². The van der Waals surface area contributed by atoms with E-state index in [1.54, 1.807) is 12.7 Å². The number of benzene rings is 1. The minimum Gasteiger partial charge on any atom is -0.374 e. The molecule has 1 aromatic carbocycles. The average molecular weight is 343 g/mol. The Morgan fingerprint density at radius 3 is 2.84 bits per heavy atom. The third-order valence-corrected chi connectivity index (χ3v) is 4.32. The maximum Gasteiger partial charge on any atom is 0.321 e. The fourth-order valence-electron chi connectivity index (χ4n) is 2.94. The van der Waals surface area contributed by atoms with Crippen LogP contribution in [-0.2, 0) is 11.3 Å². The van der Waals surface area contributed by atoms with E-state index in [1.165, 1.54) is 0 Å². The Hall–Kier alpha value is -2.41. The predicted molar refractivity (Wildman–Crippen MR) is 95.3 cm³/mol. The lowest BCUT2D eigenvalue weighted by Crippen LogP contribution is -2.41. The van der Waals surface area contributed by atoms with Crippen molar-refractivity contribution in [3.05, 3.63) is 42.5 Å². The first-order valence-corrected chi connectivity index (χ1v) is 8.72. The Kier molecular flexibility index (Phi) is 5.65. The molecule has 1 aromatic heterocycles. The number of carbonyl (C=O) groups excluding carboxylic acids is 1. The van der Waals surface area contributed by atoms with Crippen molar-refractivity contribution in [1.29, 1.82) is 0 Å². The Morgan fingerprint density at radius 1 is 1.36 bits per heavy atom. The largest absolute Gasteiger partial charge is 0.374 e. The topological polar surface area (TPSA) is 72.3 Å². The van der Waals surface area contributed by atoms with Crippen molar-refractivity contribution in [1.82, 2.24) is 19.7 Å². The normalized spacial score (nSPS) is 15.6. The quantitative estimate of drug-likeness (QED) is 0.905. The minimum atomic E-state index is -0.0565. The van der Waals surface area contributed by atoms with E-state index in [4.69, 9.17) is 4.74 Å². The van der Waals surface area contributed by atoms with Gasteiger partial charge in [-0.2, -0.15) is 5.10 Å². The zero-order chi connectivity index (χ0) is 17.6. The van der Waals surface area contributed by atoms with Crippen LogP contribution in [0.3, 0.4) is 0 Å². The van der Waals surface area contributed by atoms with Crippen LogP contribution < -0.4 is 5.32 Å². The van der Waals surface area contributed by atoms with Crippen LogP contribution in [0.1, 0.15) is 38.3 Å². The fraction of sp³-hybridized carbons (Fsp3) is 0.500. The zero-order valence-corrected chi connectivity index (χ0v) is 14.8. The van der Waals surface area contributed by atoms with Crippen molar-refractivity contribution < 1.29 is 9.53 Å². The molecule has 0 atom stereocenters. The van der Waals surface area contributed by atoms with E-state index in [2.05, 4.69) is 15.4 Å². The molecule has 1 N–H and O–H groups in total. The number of amides is 2. The molecule has 134 valence electrons. The SMILES string of the molecule is CC(C)OCc1cccc(NC(=O)N2CCC(n3cncn3)CC2)c1. The Morgan fingerprint density at radius 2 is 2.16 bits per heavy atom. The molecule has 0 unspecified atom stereocenters. The van der Waals surface area contributed by atoms with Gasteiger partial charge in [-0.05, 0) is 44.4 Å². The first kappa shape index (κ1) is 17.4. The van der Waals surface area contributed by atoms with Crippen molar-refractivity contribution in [3.8, 4) is 0 Å². The molecule has 2 aromatic rings. The van der Waals surface area contributed by atoms with Gasteiger partial charge in [-0.3, -0.25) is 0 Å². The standard InChI is InChI=1S/C18H25N5O2/c1-14(2)25-11-15-4-3-5-16(10-15)21-18(24)22-8-6-17(7-9-22)23-13-19-12-20-23/h3-5,10,12-14,17H,6-9,11H2,1-2H3,(H,21,24). The van der Waals surface area contributed by atoms with Crippen molar-refractivity contribution in [2.45, 2.75) is 45.4 Å². The maximum atomic E-state index is 12.5. The molecule has 2 heterocycles. The first-order chi connectivity index (χ1) is 12.1. The second-order valence-electron chi connectivity index (χ2n) is 6.58. The molecule has 0 bridgehead atoms. The summed E-state index contributed by atoms with van der Waals surface area (Å²) in [6.07, 6.45) is 5.25. The van der Waals surface area contributed by atoms with Crippen molar-refractivity contribution >= 4 is 11.7 Å². The lowest BCUT2D eigenvalue weighted by Gasteiger charge is -2.31. The van der Waals surface area contributed by atoms with Crippen molar-refractivity contribution in [2.75, 3.05) is 18.4 Å². The molecule has 0 saturated carbocycles. The summed E-state index contributed by atoms with van der Waals surface area (Å²) in [6.45, 7) is 5.99. The first-order valence-electron chi connectivity index (χ1n) is 8.72. The number of hydrogen-bond acceptors (Lipinski definition) is 4. The van der Waals surface area contributed by atoms with Gasteiger partial charge in [0.15, 0.2) is 0 Å². The fourth-order valence-corrected chi connectivity index (χ4v) is 2.94. The number of anilines is 1. The summed E-state index contributed by atoms with van der Waals surface area (Å²) in [5.74, 6) is 0. The number of aromatic nitrogens is 3. The van der Waals surface area contributed by atoms with E-state index in [9.17, 15) is 4.79 Å². The van der Waals surface area contributed by atoms with Crippen LogP contribution in [0.5, 0.6) is 0 Å². The van der Waals surface area contributed by atoms with Crippen LogP contribution in [-0.4, -0.2) is 44.9 Å². The van der Waals surface area contributed by atoms with Gasteiger partial charge in [0.25, 0.3) is 0 Å². The second kappa shape index (κ2) is 8.11. The number of likely N-dealkylation sites (tertiary alicyclic amines) is 1. The molecule has 1 saturated heterocycles. The molecule has 3 rings (SSSR count). The number of hydrogen-bond donors (Lipinski definition) is 1. The van der Waals surface area contributed by atoms with Gasteiger partial charge in [-0.1, -0.05) is 12.1 Å². The molecule has 25 heavy (non-hydrogen) atoms. The number of ether oxygens (including phenoxy) is 1. The number of rotatable bonds is 5. The zero-order valence-electron chi connectivity index (χ0n) is 14.8. The van der Waals surface area contributed by atoms with Gasteiger partial charge in [-0.15, -0.1) is 0 Å². The minimum absolute atomic E-state index is 0.0565. The third-order valence-electron chi connectivity index (χ3n) is 4.32. The van der Waals surface area contributed by atoms with E-state index in [0.717, 1.165) is 24.1 Å². The lowest BCUT2D eigenvalue weighted by atomic mass is 10.1. The molecule has 7 nitrogen and oxygen atoms in total. The number of piperidine rings is 1. The summed E-state index contributed by atoms with van der Waals surface area (Å²) >= 11 is 0. The molecule has 0 radical (unpaired) electrons. The Labute approximate surface area is 148 Å². The highest BCUT2D eigenvalue weighted by atomic mass is 16.5. The summed E-state index contributed by atoms with van der Waals surface area (Å²) in [6, 6.07) is 8.07. The maximum absolute atomic E-state index is 12.5. The molecular weight excluding hydrogens is 318 g/mol. The molecule has 1 fully saturated rings. The monoisotopic (exact) mass is 343 g/mol. The molecule has 0 aliphatic carbocycles. The number of urea groups is 1. The van der Waals surface area contributed by atoms with E-state index < -0.39 is 0 Å². The van der Waals surface area contributed by atoms with Crippen molar-refractivity contribution in [2.24, 2.45) is 0 Å². The summed E-state index contributed by atoms with van der Waals surface area (Å²) < 4.78 is 7.50. The molecule has 0 spiro atoms. The summed E-state index contributed by atoms with van der Waals surface area (Å²) in [4.78, 5) is 18.3. The van der Waals surface area contributed by atoms with Crippen LogP contribution in [0.4, 0.5) is 10.5 Å². The van der Waals surface area contributed by atoms with Crippen molar-refractivity contribution in [3.63, 3.8) is 0 Å². The van der Waals surface area contributed by atoms with Gasteiger partial charge in [0.1, 0.15) is 12.7 Å². The van der Waals surface area contributed by atoms with Crippen LogP contribution in [0.2, 0.25) is 0 Å². The Balaban J connectivity index is 1.52. The van der Waals surface area contributed by atoms with Crippen LogP contribution in [0.15, 0.2) is 36.9 Å². The number of nitrogens with one attached hydrogen (secondary N) is 1.